The van der Waals surface area contributed by atoms with Crippen molar-refractivity contribution in [1.82, 2.24) is 0 Å². The third-order valence-electron chi connectivity index (χ3n) is 2.02. The molecule has 0 fully saturated rings. The Morgan fingerprint density at radius 2 is 2.40 bits per heavy atom. The molecule has 10 heavy (non-hydrogen) atoms. The third-order valence-corrected chi connectivity index (χ3v) is 2.02. The molecule has 0 saturated carbocycles. The van der Waals surface area contributed by atoms with Crippen LogP contribution in [0.2, 0.25) is 0 Å². The summed E-state index contributed by atoms with van der Waals surface area (Å²) in [6.45, 7) is 2.11. The highest BCUT2D eigenvalue weighted by Crippen LogP contribution is 2.22. The van der Waals surface area contributed by atoms with Crippen LogP contribution in [0, 0.1) is 5.92 Å². The van der Waals surface area contributed by atoms with Crippen LogP contribution in [-0.4, -0.2) is 22.9 Å². The Kier molecular flexibility index (Phi) is 2.46. The lowest BCUT2D eigenvalue weighted by Crippen LogP contribution is -2.20. The van der Waals surface area contributed by atoms with Gasteiger partial charge in [-0.05, 0) is 24.3 Å². The molecule has 0 radical (unpaired) electrons. The molecule has 0 aromatic heterocycles. The zero-order valence-corrected chi connectivity index (χ0v) is 6.25. The minimum absolute atomic E-state index is 0.00782. The van der Waals surface area contributed by atoms with Gasteiger partial charge in [-0.25, -0.2) is 0 Å². The molecule has 0 aromatic carbocycles. The molecular formula is C8H14O2. The zero-order valence-electron chi connectivity index (χ0n) is 6.25. The van der Waals surface area contributed by atoms with Gasteiger partial charge in [-0.15, -0.1) is 0 Å². The Labute approximate surface area is 61.2 Å². The predicted molar refractivity (Wildman–Crippen MR) is 39.6 cm³/mol. The van der Waals surface area contributed by atoms with Crippen molar-refractivity contribution >= 4 is 0 Å². The molecule has 0 aromatic rings. The lowest BCUT2D eigenvalue weighted by molar-refractivity contribution is 0.152. The monoisotopic (exact) mass is 142 g/mol. The maximum Gasteiger partial charge on any atom is 0.0774 e. The summed E-state index contributed by atoms with van der Waals surface area (Å²) in [6, 6.07) is 0. The van der Waals surface area contributed by atoms with E-state index in [9.17, 15) is 5.11 Å². The van der Waals surface area contributed by atoms with Crippen LogP contribution in [0.4, 0.5) is 0 Å². The standard InChI is InChI=1S/C8H14O2/c1-6-2-3-7(5-9)8(10)4-6/h3,6,8-10H,2,4-5H2,1H3/t6-,8+/m1/s1. The summed E-state index contributed by atoms with van der Waals surface area (Å²) in [4.78, 5) is 0. The summed E-state index contributed by atoms with van der Waals surface area (Å²) in [7, 11) is 0. The molecule has 0 heterocycles. The first-order chi connectivity index (χ1) is 4.74. The summed E-state index contributed by atoms with van der Waals surface area (Å²) in [5.41, 5.74) is 0.790. The van der Waals surface area contributed by atoms with Crippen molar-refractivity contribution in [3.63, 3.8) is 0 Å². The molecule has 1 rings (SSSR count). The summed E-state index contributed by atoms with van der Waals surface area (Å²) in [5.74, 6) is 0.560. The first-order valence-corrected chi connectivity index (χ1v) is 3.72. The highest BCUT2D eigenvalue weighted by Gasteiger charge is 2.18. The van der Waals surface area contributed by atoms with Crippen molar-refractivity contribution in [2.24, 2.45) is 5.92 Å². The molecule has 58 valence electrons. The van der Waals surface area contributed by atoms with Crippen molar-refractivity contribution in [1.29, 1.82) is 0 Å². The maximum atomic E-state index is 9.31. The normalized spacial score (nSPS) is 33.7. The second-order valence-corrected chi connectivity index (χ2v) is 3.03. The Morgan fingerprint density at radius 1 is 1.70 bits per heavy atom. The molecule has 0 aliphatic heterocycles. The van der Waals surface area contributed by atoms with Crippen LogP contribution < -0.4 is 0 Å². The van der Waals surface area contributed by atoms with Gasteiger partial charge in [0.15, 0.2) is 0 Å². The van der Waals surface area contributed by atoms with E-state index in [4.69, 9.17) is 5.11 Å². The van der Waals surface area contributed by atoms with Crippen molar-refractivity contribution in [2.75, 3.05) is 6.61 Å². The van der Waals surface area contributed by atoms with Gasteiger partial charge in [0.1, 0.15) is 0 Å². The summed E-state index contributed by atoms with van der Waals surface area (Å²) < 4.78 is 0. The summed E-state index contributed by atoms with van der Waals surface area (Å²) >= 11 is 0. The van der Waals surface area contributed by atoms with Gasteiger partial charge in [-0.2, -0.15) is 0 Å². The lowest BCUT2D eigenvalue weighted by atomic mass is 9.89. The molecule has 0 unspecified atom stereocenters. The van der Waals surface area contributed by atoms with Crippen LogP contribution in [-0.2, 0) is 0 Å². The van der Waals surface area contributed by atoms with Crippen molar-refractivity contribution < 1.29 is 10.2 Å². The van der Waals surface area contributed by atoms with E-state index in [1.165, 1.54) is 0 Å². The number of allylic oxidation sites excluding steroid dienone is 1. The molecule has 1 aliphatic rings. The molecular weight excluding hydrogens is 128 g/mol. The zero-order chi connectivity index (χ0) is 7.56. The first-order valence-electron chi connectivity index (χ1n) is 3.72. The van der Waals surface area contributed by atoms with Crippen LogP contribution in [0.3, 0.4) is 0 Å². The highest BCUT2D eigenvalue weighted by molar-refractivity contribution is 5.11. The van der Waals surface area contributed by atoms with Crippen molar-refractivity contribution in [2.45, 2.75) is 25.9 Å². The molecule has 1 aliphatic carbocycles. The Morgan fingerprint density at radius 3 is 2.90 bits per heavy atom. The average molecular weight is 142 g/mol. The SMILES string of the molecule is C[C@@H]1CC=C(CO)[C@@H](O)C1. The molecule has 2 heteroatoms. The van der Waals surface area contributed by atoms with Gasteiger partial charge in [0.05, 0.1) is 12.7 Å². The van der Waals surface area contributed by atoms with Crippen molar-refractivity contribution in [3.05, 3.63) is 11.6 Å². The van der Waals surface area contributed by atoms with Crippen LogP contribution in [0.1, 0.15) is 19.8 Å². The van der Waals surface area contributed by atoms with Gasteiger partial charge in [-0.3, -0.25) is 0 Å². The average Bonchev–Trinajstić information content (AvgIpc) is 1.88. The molecule has 0 spiro atoms. The minimum Gasteiger partial charge on any atom is -0.392 e. The summed E-state index contributed by atoms with van der Waals surface area (Å²) in [5, 5.41) is 18.0. The second kappa shape index (κ2) is 3.17. The minimum atomic E-state index is -0.395. The van der Waals surface area contributed by atoms with Crippen LogP contribution in [0.15, 0.2) is 11.6 Å². The highest BCUT2D eigenvalue weighted by atomic mass is 16.3. The van der Waals surface area contributed by atoms with Gasteiger partial charge >= 0.3 is 0 Å². The molecule has 0 bridgehead atoms. The maximum absolute atomic E-state index is 9.31. The van der Waals surface area contributed by atoms with Gasteiger partial charge in [0, 0.05) is 0 Å². The van der Waals surface area contributed by atoms with Crippen LogP contribution in [0.5, 0.6) is 0 Å². The largest absolute Gasteiger partial charge is 0.392 e. The van der Waals surface area contributed by atoms with Crippen molar-refractivity contribution in [3.8, 4) is 0 Å². The number of aliphatic hydroxyl groups is 2. The topological polar surface area (TPSA) is 40.5 Å². The number of aliphatic hydroxyl groups excluding tert-OH is 2. The Bertz CT molecular complexity index is 140. The quantitative estimate of drug-likeness (QED) is 0.529. The molecule has 0 amide bonds. The Hall–Kier alpha value is -0.340. The number of rotatable bonds is 1. The fraction of sp³-hybridized carbons (Fsp3) is 0.750. The van der Waals surface area contributed by atoms with Gasteiger partial charge < -0.3 is 10.2 Å². The fourth-order valence-electron chi connectivity index (χ4n) is 1.29. The second-order valence-electron chi connectivity index (χ2n) is 3.03. The van der Waals surface area contributed by atoms with E-state index in [2.05, 4.69) is 6.92 Å². The molecule has 0 saturated heterocycles. The fourth-order valence-corrected chi connectivity index (χ4v) is 1.29. The number of hydrogen-bond donors (Lipinski definition) is 2. The summed E-state index contributed by atoms with van der Waals surface area (Å²) in [6.07, 6.45) is 3.34. The number of hydrogen-bond acceptors (Lipinski definition) is 2. The van der Waals surface area contributed by atoms with E-state index in [-0.39, 0.29) is 6.61 Å². The predicted octanol–water partition coefficient (Wildman–Crippen LogP) is 0.696. The smallest absolute Gasteiger partial charge is 0.0774 e. The van der Waals surface area contributed by atoms with E-state index in [0.29, 0.717) is 5.92 Å². The van der Waals surface area contributed by atoms with Gasteiger partial charge in [0.25, 0.3) is 0 Å². The van der Waals surface area contributed by atoms with E-state index in [0.717, 1.165) is 18.4 Å². The van der Waals surface area contributed by atoms with E-state index < -0.39 is 6.10 Å². The van der Waals surface area contributed by atoms with Gasteiger partial charge in [-0.1, -0.05) is 13.0 Å². The van der Waals surface area contributed by atoms with E-state index in [1.807, 2.05) is 6.08 Å². The van der Waals surface area contributed by atoms with E-state index in [1.54, 1.807) is 0 Å². The molecule has 2 nitrogen and oxygen atoms in total. The first kappa shape index (κ1) is 7.76. The van der Waals surface area contributed by atoms with Crippen LogP contribution in [0.25, 0.3) is 0 Å². The Balaban J connectivity index is 2.57. The molecule has 2 atom stereocenters. The molecule has 2 N–H and O–H groups in total. The lowest BCUT2D eigenvalue weighted by Gasteiger charge is -2.22. The third kappa shape index (κ3) is 1.58. The van der Waals surface area contributed by atoms with E-state index >= 15 is 0 Å². The van der Waals surface area contributed by atoms with Gasteiger partial charge in [0.2, 0.25) is 0 Å². The van der Waals surface area contributed by atoms with Crippen LogP contribution >= 0.6 is 0 Å².